The molecule has 1 N–H and O–H groups in total. The normalized spacial score (nSPS) is 38.7. The van der Waals surface area contributed by atoms with E-state index >= 15 is 0 Å². The first-order valence-corrected chi connectivity index (χ1v) is 4.38. The van der Waals surface area contributed by atoms with E-state index in [0.29, 0.717) is 0 Å². The highest BCUT2D eigenvalue weighted by atomic mass is 16.3. The van der Waals surface area contributed by atoms with Crippen molar-refractivity contribution in [1.29, 1.82) is 0 Å². The third kappa shape index (κ3) is 2.70. The fraction of sp³-hybridized carbons (Fsp3) is 1.00. The first kappa shape index (κ1) is 9.96. The SMILES string of the molecule is CC.CC1CC(O)CC1C. The molecular formula is C9H20O. The van der Waals surface area contributed by atoms with E-state index in [4.69, 9.17) is 5.11 Å². The van der Waals surface area contributed by atoms with E-state index in [0.717, 1.165) is 24.7 Å². The van der Waals surface area contributed by atoms with Gasteiger partial charge in [-0.15, -0.1) is 0 Å². The average molecular weight is 144 g/mol. The highest BCUT2D eigenvalue weighted by molar-refractivity contribution is 4.76. The molecule has 62 valence electrons. The van der Waals surface area contributed by atoms with E-state index in [1.54, 1.807) is 0 Å². The van der Waals surface area contributed by atoms with Gasteiger partial charge in [0.25, 0.3) is 0 Å². The molecular weight excluding hydrogens is 124 g/mol. The van der Waals surface area contributed by atoms with E-state index in [-0.39, 0.29) is 6.10 Å². The maximum atomic E-state index is 9.07. The molecule has 10 heavy (non-hydrogen) atoms. The highest BCUT2D eigenvalue weighted by Gasteiger charge is 2.25. The van der Waals surface area contributed by atoms with Crippen LogP contribution >= 0.6 is 0 Å². The Morgan fingerprint density at radius 3 is 1.40 bits per heavy atom. The molecule has 1 rings (SSSR count). The largest absolute Gasteiger partial charge is 0.393 e. The smallest absolute Gasteiger partial charge is 0.0545 e. The average Bonchev–Trinajstić information content (AvgIpc) is 2.16. The van der Waals surface area contributed by atoms with Gasteiger partial charge in [-0.1, -0.05) is 27.7 Å². The summed E-state index contributed by atoms with van der Waals surface area (Å²) in [5, 5.41) is 9.07. The zero-order valence-corrected chi connectivity index (χ0v) is 7.59. The van der Waals surface area contributed by atoms with Crippen molar-refractivity contribution in [3.8, 4) is 0 Å². The predicted molar refractivity (Wildman–Crippen MR) is 44.9 cm³/mol. The van der Waals surface area contributed by atoms with Crippen LogP contribution < -0.4 is 0 Å². The lowest BCUT2D eigenvalue weighted by molar-refractivity contribution is 0.176. The topological polar surface area (TPSA) is 20.2 Å². The van der Waals surface area contributed by atoms with Gasteiger partial charge in [-0.05, 0) is 24.7 Å². The maximum Gasteiger partial charge on any atom is 0.0545 e. The van der Waals surface area contributed by atoms with Crippen LogP contribution in [0.25, 0.3) is 0 Å². The number of aliphatic hydroxyl groups excluding tert-OH is 1. The summed E-state index contributed by atoms with van der Waals surface area (Å²) in [7, 11) is 0. The van der Waals surface area contributed by atoms with Gasteiger partial charge in [0, 0.05) is 0 Å². The summed E-state index contributed by atoms with van der Waals surface area (Å²) in [5.41, 5.74) is 0. The molecule has 0 heterocycles. The summed E-state index contributed by atoms with van der Waals surface area (Å²) in [6.45, 7) is 8.42. The Hall–Kier alpha value is -0.0400. The molecule has 2 unspecified atom stereocenters. The molecule has 0 aromatic rings. The van der Waals surface area contributed by atoms with Crippen molar-refractivity contribution in [3.05, 3.63) is 0 Å². The van der Waals surface area contributed by atoms with Crippen LogP contribution in [0.4, 0.5) is 0 Å². The van der Waals surface area contributed by atoms with Gasteiger partial charge >= 0.3 is 0 Å². The molecule has 1 nitrogen and oxygen atoms in total. The Balaban J connectivity index is 0.000000371. The second-order valence-electron chi connectivity index (χ2n) is 3.08. The summed E-state index contributed by atoms with van der Waals surface area (Å²) in [6, 6.07) is 0. The maximum absolute atomic E-state index is 9.07. The van der Waals surface area contributed by atoms with E-state index in [1.807, 2.05) is 13.8 Å². The van der Waals surface area contributed by atoms with Gasteiger partial charge in [-0.2, -0.15) is 0 Å². The molecule has 0 aliphatic heterocycles. The van der Waals surface area contributed by atoms with Crippen LogP contribution in [-0.2, 0) is 0 Å². The van der Waals surface area contributed by atoms with Crippen LogP contribution in [0.1, 0.15) is 40.5 Å². The molecule has 1 aliphatic carbocycles. The Bertz CT molecular complexity index is 70.8. The van der Waals surface area contributed by atoms with E-state index < -0.39 is 0 Å². The molecule has 1 heteroatoms. The Labute approximate surface area is 64.5 Å². The molecule has 2 atom stereocenters. The quantitative estimate of drug-likeness (QED) is 0.553. The van der Waals surface area contributed by atoms with Crippen LogP contribution in [0, 0.1) is 11.8 Å². The first-order valence-electron chi connectivity index (χ1n) is 4.38. The standard InChI is InChI=1S/C7H14O.C2H6/c1-5-3-7(8)4-6(5)2;1-2/h5-8H,3-4H2,1-2H3;1-2H3. The fourth-order valence-corrected chi connectivity index (χ4v) is 1.42. The van der Waals surface area contributed by atoms with Crippen molar-refractivity contribution in [1.82, 2.24) is 0 Å². The fourth-order valence-electron chi connectivity index (χ4n) is 1.42. The molecule has 1 fully saturated rings. The van der Waals surface area contributed by atoms with Crippen LogP contribution in [-0.4, -0.2) is 11.2 Å². The Morgan fingerprint density at radius 2 is 1.30 bits per heavy atom. The van der Waals surface area contributed by atoms with Crippen LogP contribution in [0.5, 0.6) is 0 Å². The second-order valence-corrected chi connectivity index (χ2v) is 3.08. The van der Waals surface area contributed by atoms with Gasteiger partial charge in [0.1, 0.15) is 0 Å². The van der Waals surface area contributed by atoms with Crippen molar-refractivity contribution < 1.29 is 5.11 Å². The van der Waals surface area contributed by atoms with Crippen molar-refractivity contribution in [3.63, 3.8) is 0 Å². The van der Waals surface area contributed by atoms with Crippen molar-refractivity contribution >= 4 is 0 Å². The lowest BCUT2D eigenvalue weighted by Gasteiger charge is -2.04. The predicted octanol–water partition coefficient (Wildman–Crippen LogP) is 2.44. The summed E-state index contributed by atoms with van der Waals surface area (Å²) in [5.74, 6) is 1.48. The van der Waals surface area contributed by atoms with Gasteiger partial charge < -0.3 is 5.11 Å². The minimum atomic E-state index is -0.000000000000000222. The molecule has 1 aliphatic rings. The summed E-state index contributed by atoms with van der Waals surface area (Å²) in [4.78, 5) is 0. The summed E-state index contributed by atoms with van der Waals surface area (Å²) >= 11 is 0. The lowest BCUT2D eigenvalue weighted by Crippen LogP contribution is -1.97. The monoisotopic (exact) mass is 144 g/mol. The summed E-state index contributed by atoms with van der Waals surface area (Å²) < 4.78 is 0. The van der Waals surface area contributed by atoms with E-state index in [1.165, 1.54) is 0 Å². The minimum absolute atomic E-state index is 0.000000000000000222. The summed E-state index contributed by atoms with van der Waals surface area (Å²) in [6.07, 6.45) is 2.03. The molecule has 0 radical (unpaired) electrons. The third-order valence-electron chi connectivity index (χ3n) is 2.26. The molecule has 0 bridgehead atoms. The van der Waals surface area contributed by atoms with Crippen molar-refractivity contribution in [2.24, 2.45) is 11.8 Å². The molecule has 0 aromatic carbocycles. The van der Waals surface area contributed by atoms with Crippen LogP contribution in [0.2, 0.25) is 0 Å². The van der Waals surface area contributed by atoms with Gasteiger partial charge in [-0.25, -0.2) is 0 Å². The minimum Gasteiger partial charge on any atom is -0.393 e. The van der Waals surface area contributed by atoms with Crippen molar-refractivity contribution in [2.75, 3.05) is 0 Å². The van der Waals surface area contributed by atoms with E-state index in [2.05, 4.69) is 13.8 Å². The molecule has 0 saturated heterocycles. The Kier molecular flexibility index (Phi) is 4.71. The van der Waals surface area contributed by atoms with E-state index in [9.17, 15) is 0 Å². The van der Waals surface area contributed by atoms with Crippen molar-refractivity contribution in [2.45, 2.75) is 46.6 Å². The lowest BCUT2D eigenvalue weighted by atomic mass is 10.0. The highest BCUT2D eigenvalue weighted by Crippen LogP contribution is 2.30. The number of hydrogen-bond donors (Lipinski definition) is 1. The van der Waals surface area contributed by atoms with Gasteiger partial charge in [0.15, 0.2) is 0 Å². The van der Waals surface area contributed by atoms with Crippen LogP contribution in [0.3, 0.4) is 0 Å². The Morgan fingerprint density at radius 1 is 1.00 bits per heavy atom. The molecule has 0 aromatic heterocycles. The van der Waals surface area contributed by atoms with Gasteiger partial charge in [0.05, 0.1) is 6.10 Å². The number of aliphatic hydroxyl groups is 1. The zero-order chi connectivity index (χ0) is 8.15. The number of hydrogen-bond acceptors (Lipinski definition) is 1. The molecule has 0 amide bonds. The van der Waals surface area contributed by atoms with Gasteiger partial charge in [-0.3, -0.25) is 0 Å². The molecule has 1 saturated carbocycles. The molecule has 0 spiro atoms. The first-order chi connectivity index (χ1) is 4.70. The van der Waals surface area contributed by atoms with Gasteiger partial charge in [0.2, 0.25) is 0 Å². The number of rotatable bonds is 0. The van der Waals surface area contributed by atoms with Crippen LogP contribution in [0.15, 0.2) is 0 Å². The third-order valence-corrected chi connectivity index (χ3v) is 2.26. The zero-order valence-electron chi connectivity index (χ0n) is 7.59. The second kappa shape index (κ2) is 4.73.